The van der Waals surface area contributed by atoms with Crippen LogP contribution >= 0.6 is 27.5 Å². The standard InChI is InChI=1S/C18H27BrClN3O/c1-10-13-6-11(17(13,2)3)7-14(10)23-15-9-22-12(4-5-21)8-18(15,19)16(20)24/h9-11,13-14,23H,4-8,21H2,1-3H3/t10-,11+,13-,14-,18?/m1/s1. The van der Waals surface area contributed by atoms with Crippen LogP contribution in [0, 0.1) is 23.2 Å². The molecule has 1 unspecified atom stereocenters. The predicted molar refractivity (Wildman–Crippen MR) is 102 cm³/mol. The number of alkyl halides is 1. The average Bonchev–Trinajstić information content (AvgIpc) is 2.51. The molecule has 4 rings (SSSR count). The van der Waals surface area contributed by atoms with Crippen LogP contribution in [-0.4, -0.2) is 27.9 Å². The number of nitrogens with one attached hydrogen (secondary N) is 1. The van der Waals surface area contributed by atoms with Gasteiger partial charge in [-0.2, -0.15) is 0 Å². The molecule has 0 spiro atoms. The molecule has 1 heterocycles. The van der Waals surface area contributed by atoms with Crippen LogP contribution in [0.2, 0.25) is 0 Å². The van der Waals surface area contributed by atoms with E-state index in [4.69, 9.17) is 17.3 Å². The van der Waals surface area contributed by atoms with Gasteiger partial charge in [0.15, 0.2) is 0 Å². The first kappa shape index (κ1) is 18.4. The van der Waals surface area contributed by atoms with Gasteiger partial charge in [0.2, 0.25) is 5.24 Å². The highest BCUT2D eigenvalue weighted by molar-refractivity contribution is 9.10. The third-order valence-corrected chi connectivity index (χ3v) is 8.31. The summed E-state index contributed by atoms with van der Waals surface area (Å²) in [5, 5.41) is 3.21. The number of fused-ring (bicyclic) bond motifs is 2. The number of allylic oxidation sites excluding steroid dienone is 1. The Bertz CT molecular complexity index is 603. The van der Waals surface area contributed by atoms with Crippen LogP contribution in [0.1, 0.15) is 46.5 Å². The second kappa shape index (κ2) is 6.40. The van der Waals surface area contributed by atoms with Crippen molar-refractivity contribution in [3.05, 3.63) is 11.9 Å². The van der Waals surface area contributed by atoms with Crippen molar-refractivity contribution in [1.82, 2.24) is 5.32 Å². The molecule has 0 saturated heterocycles. The minimum atomic E-state index is -0.905. The van der Waals surface area contributed by atoms with Crippen molar-refractivity contribution in [3.63, 3.8) is 0 Å². The molecular weight excluding hydrogens is 390 g/mol. The van der Waals surface area contributed by atoms with E-state index >= 15 is 0 Å². The van der Waals surface area contributed by atoms with Gasteiger partial charge in [-0.15, -0.1) is 0 Å². The third-order valence-electron chi connectivity index (χ3n) is 6.69. The number of carbonyl (C=O) groups is 1. The lowest BCUT2D eigenvalue weighted by atomic mass is 9.44. The van der Waals surface area contributed by atoms with Gasteiger partial charge in [0.1, 0.15) is 4.32 Å². The molecule has 0 radical (unpaired) electrons. The Kier molecular flexibility index (Phi) is 4.91. The fraction of sp³-hybridized carbons (Fsp3) is 0.778. The van der Waals surface area contributed by atoms with E-state index in [1.807, 2.05) is 0 Å². The summed E-state index contributed by atoms with van der Waals surface area (Å²) in [6.07, 6.45) is 5.39. The summed E-state index contributed by atoms with van der Waals surface area (Å²) >= 11 is 9.54. The zero-order chi connectivity index (χ0) is 17.7. The predicted octanol–water partition coefficient (Wildman–Crippen LogP) is 3.58. The van der Waals surface area contributed by atoms with Gasteiger partial charge in [0.05, 0.1) is 5.70 Å². The summed E-state index contributed by atoms with van der Waals surface area (Å²) in [7, 11) is 0. The number of nitrogens with zero attached hydrogens (tertiary/aromatic N) is 1. The number of nitrogens with two attached hydrogens (primary N) is 1. The SMILES string of the molecule is C[C@@H]1[C@H]2C[C@@H](C[C@H]1NC1=CN=C(CCN)CC1(Br)C(=O)Cl)C2(C)C. The molecule has 1 aliphatic heterocycles. The molecule has 0 aromatic rings. The van der Waals surface area contributed by atoms with Gasteiger partial charge in [-0.3, -0.25) is 9.79 Å². The van der Waals surface area contributed by atoms with Crippen molar-refractivity contribution >= 4 is 38.5 Å². The van der Waals surface area contributed by atoms with Crippen molar-refractivity contribution in [2.45, 2.75) is 56.8 Å². The molecule has 5 atom stereocenters. The second-order valence-electron chi connectivity index (χ2n) is 8.23. The average molecular weight is 417 g/mol. The maximum Gasteiger partial charge on any atom is 0.244 e. The summed E-state index contributed by atoms with van der Waals surface area (Å²) in [4.78, 5) is 16.6. The van der Waals surface area contributed by atoms with Crippen LogP contribution in [0.25, 0.3) is 0 Å². The first-order valence-corrected chi connectivity index (χ1v) is 9.99. The molecule has 4 aliphatic rings. The van der Waals surface area contributed by atoms with E-state index in [2.05, 4.69) is 47.0 Å². The van der Waals surface area contributed by atoms with Crippen LogP contribution in [0.5, 0.6) is 0 Å². The van der Waals surface area contributed by atoms with Gasteiger partial charge in [-0.05, 0) is 60.6 Å². The summed E-state index contributed by atoms with van der Waals surface area (Å²) < 4.78 is -0.905. The van der Waals surface area contributed by atoms with Gasteiger partial charge >= 0.3 is 0 Å². The summed E-state index contributed by atoms with van der Waals surface area (Å²) in [5.41, 5.74) is 7.77. The van der Waals surface area contributed by atoms with E-state index in [9.17, 15) is 4.79 Å². The lowest BCUT2D eigenvalue weighted by Gasteiger charge is -2.62. The monoisotopic (exact) mass is 415 g/mol. The second-order valence-corrected chi connectivity index (χ2v) is 9.93. The van der Waals surface area contributed by atoms with Gasteiger partial charge in [0.25, 0.3) is 0 Å². The summed E-state index contributed by atoms with van der Waals surface area (Å²) in [5.74, 6) is 2.07. The fourth-order valence-electron chi connectivity index (χ4n) is 4.87. The number of hydrogen-bond acceptors (Lipinski definition) is 4. The molecule has 4 nitrogen and oxygen atoms in total. The number of halogens is 2. The van der Waals surface area contributed by atoms with Crippen LogP contribution in [0.4, 0.5) is 0 Å². The molecule has 0 aromatic carbocycles. The van der Waals surface area contributed by atoms with Crippen molar-refractivity contribution in [1.29, 1.82) is 0 Å². The normalized spacial score (nSPS) is 40.2. The Labute approximate surface area is 157 Å². The van der Waals surface area contributed by atoms with E-state index in [-0.39, 0.29) is 0 Å². The Hall–Kier alpha value is -0.390. The zero-order valence-electron chi connectivity index (χ0n) is 14.6. The first-order chi connectivity index (χ1) is 11.2. The van der Waals surface area contributed by atoms with Crippen molar-refractivity contribution in [3.8, 4) is 0 Å². The first-order valence-electron chi connectivity index (χ1n) is 8.81. The molecule has 134 valence electrons. The van der Waals surface area contributed by atoms with E-state index in [0.29, 0.717) is 36.8 Å². The fourth-order valence-corrected chi connectivity index (χ4v) is 5.58. The molecular formula is C18H27BrClN3O. The van der Waals surface area contributed by atoms with Gasteiger partial charge in [-0.25, -0.2) is 0 Å². The van der Waals surface area contributed by atoms with Gasteiger partial charge in [-0.1, -0.05) is 36.7 Å². The molecule has 3 saturated carbocycles. The molecule has 3 aliphatic carbocycles. The highest BCUT2D eigenvalue weighted by Crippen LogP contribution is 2.61. The maximum absolute atomic E-state index is 12.1. The summed E-state index contributed by atoms with van der Waals surface area (Å²) in [6.45, 7) is 7.62. The van der Waals surface area contributed by atoms with Crippen molar-refractivity contribution in [2.75, 3.05) is 6.54 Å². The van der Waals surface area contributed by atoms with Crippen LogP contribution < -0.4 is 11.1 Å². The van der Waals surface area contributed by atoms with Crippen molar-refractivity contribution < 1.29 is 4.79 Å². The highest BCUT2D eigenvalue weighted by atomic mass is 79.9. The smallest absolute Gasteiger partial charge is 0.244 e. The van der Waals surface area contributed by atoms with E-state index < -0.39 is 9.57 Å². The lowest BCUT2D eigenvalue weighted by Crippen LogP contribution is -2.60. The Morgan fingerprint density at radius 1 is 1.50 bits per heavy atom. The molecule has 0 amide bonds. The quantitative estimate of drug-likeness (QED) is 0.532. The lowest BCUT2D eigenvalue weighted by molar-refractivity contribution is -0.116. The zero-order valence-corrected chi connectivity index (χ0v) is 17.0. The highest BCUT2D eigenvalue weighted by Gasteiger charge is 2.56. The molecule has 2 bridgehead atoms. The molecule has 24 heavy (non-hydrogen) atoms. The van der Waals surface area contributed by atoms with E-state index in [0.717, 1.165) is 29.7 Å². The minimum Gasteiger partial charge on any atom is -0.383 e. The molecule has 0 aromatic heterocycles. The third kappa shape index (κ3) is 2.86. The Morgan fingerprint density at radius 2 is 2.21 bits per heavy atom. The largest absolute Gasteiger partial charge is 0.383 e. The number of hydrogen-bond donors (Lipinski definition) is 2. The minimum absolute atomic E-state index is 0.368. The maximum atomic E-state index is 12.1. The number of carbonyl (C=O) groups excluding carboxylic acids is 1. The Morgan fingerprint density at radius 3 is 2.75 bits per heavy atom. The molecule has 3 N–H and O–H groups in total. The van der Waals surface area contributed by atoms with E-state index in [1.54, 1.807) is 6.20 Å². The Balaban J connectivity index is 1.79. The number of aliphatic imine (C=N–C) groups is 1. The number of rotatable bonds is 5. The van der Waals surface area contributed by atoms with Crippen LogP contribution in [0.15, 0.2) is 16.9 Å². The topological polar surface area (TPSA) is 67.5 Å². The van der Waals surface area contributed by atoms with Crippen molar-refractivity contribution in [2.24, 2.45) is 33.9 Å². The van der Waals surface area contributed by atoms with Gasteiger partial charge < -0.3 is 11.1 Å². The molecule has 6 heteroatoms. The van der Waals surface area contributed by atoms with Crippen LogP contribution in [-0.2, 0) is 4.79 Å². The molecule has 3 fully saturated rings. The summed E-state index contributed by atoms with van der Waals surface area (Å²) in [6, 6.07) is 0.368. The van der Waals surface area contributed by atoms with Gasteiger partial charge in [0, 0.05) is 24.4 Å². The van der Waals surface area contributed by atoms with Crippen LogP contribution in [0.3, 0.4) is 0 Å². The van der Waals surface area contributed by atoms with E-state index in [1.165, 1.54) is 6.42 Å².